The number of halogens is 1. The molecule has 0 aliphatic carbocycles. The summed E-state index contributed by atoms with van der Waals surface area (Å²) in [5.41, 5.74) is 0. The van der Waals surface area contributed by atoms with Crippen molar-refractivity contribution in [2.75, 3.05) is 26.7 Å². The van der Waals surface area contributed by atoms with Crippen LogP contribution in [0.5, 0.6) is 0 Å². The van der Waals surface area contributed by atoms with Crippen molar-refractivity contribution in [2.24, 2.45) is 0 Å². The van der Waals surface area contributed by atoms with Crippen LogP contribution in [0.3, 0.4) is 0 Å². The van der Waals surface area contributed by atoms with Crippen molar-refractivity contribution in [2.45, 2.75) is 31.2 Å². The zero-order valence-electron chi connectivity index (χ0n) is 10.9. The fourth-order valence-corrected chi connectivity index (χ4v) is 3.52. The van der Waals surface area contributed by atoms with Gasteiger partial charge in [0.2, 0.25) is 0 Å². The molecule has 1 aromatic rings. The first kappa shape index (κ1) is 14.3. The predicted molar refractivity (Wildman–Crippen MR) is 77.9 cm³/mol. The second-order valence-electron chi connectivity index (χ2n) is 4.93. The molecular weight excluding hydrogens is 268 g/mol. The molecule has 1 saturated heterocycles. The summed E-state index contributed by atoms with van der Waals surface area (Å²) in [6, 6.07) is 0.322. The summed E-state index contributed by atoms with van der Waals surface area (Å²) in [6.07, 6.45) is 3.14. The molecule has 0 bridgehead atoms. The first-order valence-electron chi connectivity index (χ1n) is 6.30. The van der Waals surface area contributed by atoms with Crippen LogP contribution in [0.1, 0.15) is 28.8 Å². The Morgan fingerprint density at radius 1 is 1.61 bits per heavy atom. The second kappa shape index (κ2) is 5.91. The number of aromatic nitrogens is 1. The number of nitrogens with one attached hydrogen (secondary N) is 1. The van der Waals surface area contributed by atoms with Gasteiger partial charge >= 0.3 is 0 Å². The van der Waals surface area contributed by atoms with Gasteiger partial charge in [-0.15, -0.1) is 11.3 Å². The Balaban J connectivity index is 2.07. The summed E-state index contributed by atoms with van der Waals surface area (Å²) in [5.74, 6) is 0. The van der Waals surface area contributed by atoms with Crippen LogP contribution in [0.15, 0.2) is 6.20 Å². The Morgan fingerprint density at radius 2 is 2.28 bits per heavy atom. The van der Waals surface area contributed by atoms with Crippen LogP contribution in [0, 0.1) is 6.92 Å². The van der Waals surface area contributed by atoms with Crippen LogP contribution in [-0.2, 0) is 0 Å². The number of thiazole rings is 1. The number of hydrogen-bond acceptors (Lipinski definition) is 4. The normalized spacial score (nSPS) is 22.0. The van der Waals surface area contributed by atoms with Crippen molar-refractivity contribution in [3.63, 3.8) is 0 Å². The lowest BCUT2D eigenvalue weighted by molar-refractivity contribution is 0.0942. The van der Waals surface area contributed by atoms with Crippen LogP contribution in [0.25, 0.3) is 0 Å². The van der Waals surface area contributed by atoms with Crippen molar-refractivity contribution >= 4 is 20.6 Å². The van der Waals surface area contributed by atoms with Crippen LogP contribution in [-0.4, -0.2) is 42.0 Å². The maximum absolute atomic E-state index is 13.8. The number of aryl methyl sites for hydroxylation is 1. The van der Waals surface area contributed by atoms with E-state index in [9.17, 15) is 4.39 Å². The Kier molecular flexibility index (Phi) is 4.70. The van der Waals surface area contributed by atoms with Gasteiger partial charge in [-0.05, 0) is 26.8 Å². The summed E-state index contributed by atoms with van der Waals surface area (Å²) >= 11 is 1.74. The van der Waals surface area contributed by atoms with Crippen molar-refractivity contribution in [3.8, 4) is 0 Å². The molecule has 1 aliphatic rings. The van der Waals surface area contributed by atoms with Gasteiger partial charge in [-0.1, -0.05) is 9.24 Å². The smallest absolute Gasteiger partial charge is 0.126 e. The molecule has 2 unspecified atom stereocenters. The summed E-state index contributed by atoms with van der Waals surface area (Å²) in [4.78, 5) is 7.97. The summed E-state index contributed by atoms with van der Waals surface area (Å²) < 4.78 is 13.8. The number of nitrogens with zero attached hydrogens (tertiary/aromatic N) is 2. The summed E-state index contributed by atoms with van der Waals surface area (Å²) in [5, 5.41) is 3.26. The standard InChI is InChI=1S/C12H21FN3PS/c1-9-15-8-11(18-9)10(7-14-2)16-5-3-12(13,17)4-6-16/h8,10,14H,3-7,17H2,1-2H3. The molecule has 2 heterocycles. The van der Waals surface area contributed by atoms with Gasteiger partial charge in [0, 0.05) is 30.7 Å². The Labute approximate surface area is 114 Å². The fourth-order valence-electron chi connectivity index (χ4n) is 2.34. The third kappa shape index (κ3) is 3.47. The lowest BCUT2D eigenvalue weighted by atomic mass is 10.1. The van der Waals surface area contributed by atoms with Crippen LogP contribution in [0.4, 0.5) is 4.39 Å². The Morgan fingerprint density at radius 3 is 2.78 bits per heavy atom. The minimum Gasteiger partial charge on any atom is -0.318 e. The molecule has 1 aliphatic heterocycles. The van der Waals surface area contributed by atoms with E-state index in [0.717, 1.165) is 24.6 Å². The van der Waals surface area contributed by atoms with Gasteiger partial charge in [0.1, 0.15) is 5.41 Å². The Bertz CT molecular complexity index is 386. The SMILES string of the molecule is CNCC(c1cnc(C)s1)N1CCC(F)(P)CC1. The molecule has 6 heteroatoms. The second-order valence-corrected chi connectivity index (χ2v) is 7.23. The Hall–Kier alpha value is -0.0900. The van der Waals surface area contributed by atoms with E-state index in [-0.39, 0.29) is 0 Å². The molecule has 3 nitrogen and oxygen atoms in total. The van der Waals surface area contributed by atoms with E-state index in [4.69, 9.17) is 0 Å². The number of rotatable bonds is 4. The van der Waals surface area contributed by atoms with E-state index >= 15 is 0 Å². The van der Waals surface area contributed by atoms with E-state index in [2.05, 4.69) is 24.4 Å². The van der Waals surface area contributed by atoms with Crippen molar-refractivity contribution < 1.29 is 4.39 Å². The maximum Gasteiger partial charge on any atom is 0.126 e. The topological polar surface area (TPSA) is 28.2 Å². The quantitative estimate of drug-likeness (QED) is 0.862. The number of hydrogen-bond donors (Lipinski definition) is 1. The molecule has 1 aromatic heterocycles. The van der Waals surface area contributed by atoms with Crippen molar-refractivity contribution in [1.29, 1.82) is 0 Å². The molecule has 2 rings (SSSR count). The molecule has 2 atom stereocenters. The van der Waals surface area contributed by atoms with Crippen LogP contribution < -0.4 is 5.32 Å². The maximum atomic E-state index is 13.8. The number of piperidine rings is 1. The van der Waals surface area contributed by atoms with Crippen LogP contribution >= 0.6 is 20.6 Å². The largest absolute Gasteiger partial charge is 0.318 e. The average Bonchev–Trinajstić information content (AvgIpc) is 2.73. The molecule has 0 amide bonds. The van der Waals surface area contributed by atoms with Gasteiger partial charge in [0.05, 0.1) is 11.0 Å². The highest BCUT2D eigenvalue weighted by Crippen LogP contribution is 2.36. The van der Waals surface area contributed by atoms with Crippen LogP contribution in [0.2, 0.25) is 0 Å². The van der Waals surface area contributed by atoms with Gasteiger partial charge in [0.25, 0.3) is 0 Å². The van der Waals surface area contributed by atoms with Gasteiger partial charge in [0.15, 0.2) is 0 Å². The van der Waals surface area contributed by atoms with E-state index in [1.54, 1.807) is 11.3 Å². The molecule has 0 saturated carbocycles. The number of likely N-dealkylation sites (N-methyl/N-ethyl adjacent to an activating group) is 1. The molecular formula is C12H21FN3PS. The van der Waals surface area contributed by atoms with Gasteiger partial charge in [-0.2, -0.15) is 0 Å². The molecule has 0 radical (unpaired) electrons. The summed E-state index contributed by atoms with van der Waals surface area (Å²) in [7, 11) is 4.31. The molecule has 1 fully saturated rings. The highest BCUT2D eigenvalue weighted by molar-refractivity contribution is 7.18. The lowest BCUT2D eigenvalue weighted by Gasteiger charge is -2.38. The van der Waals surface area contributed by atoms with Crippen molar-refractivity contribution in [3.05, 3.63) is 16.1 Å². The highest BCUT2D eigenvalue weighted by atomic mass is 32.1. The summed E-state index contributed by atoms with van der Waals surface area (Å²) in [6.45, 7) is 4.53. The van der Waals surface area contributed by atoms with Gasteiger partial charge in [-0.25, -0.2) is 9.37 Å². The van der Waals surface area contributed by atoms with Gasteiger partial charge in [-0.3, -0.25) is 4.90 Å². The number of likely N-dealkylation sites (tertiary alicyclic amines) is 1. The zero-order valence-corrected chi connectivity index (χ0v) is 12.9. The molecule has 102 valence electrons. The minimum absolute atomic E-state index is 0.322. The monoisotopic (exact) mass is 289 g/mol. The van der Waals surface area contributed by atoms with E-state index < -0.39 is 5.41 Å². The lowest BCUT2D eigenvalue weighted by Crippen LogP contribution is -2.43. The van der Waals surface area contributed by atoms with Crippen molar-refractivity contribution in [1.82, 2.24) is 15.2 Å². The third-order valence-corrected chi connectivity index (χ3v) is 5.03. The average molecular weight is 289 g/mol. The highest BCUT2D eigenvalue weighted by Gasteiger charge is 2.33. The van der Waals surface area contributed by atoms with E-state index in [1.807, 2.05) is 20.2 Å². The minimum atomic E-state index is -1.07. The zero-order chi connectivity index (χ0) is 13.2. The first-order chi connectivity index (χ1) is 8.52. The fraction of sp³-hybridized carbons (Fsp3) is 0.750. The van der Waals surface area contributed by atoms with E-state index in [1.165, 1.54) is 4.88 Å². The number of alkyl halides is 1. The molecule has 1 N–H and O–H groups in total. The molecule has 18 heavy (non-hydrogen) atoms. The molecule has 0 aromatic carbocycles. The predicted octanol–water partition coefficient (Wildman–Crippen LogP) is 2.35. The van der Waals surface area contributed by atoms with Gasteiger partial charge < -0.3 is 5.32 Å². The van der Waals surface area contributed by atoms with E-state index in [0.29, 0.717) is 18.9 Å². The first-order valence-corrected chi connectivity index (χ1v) is 7.70. The molecule has 0 spiro atoms. The third-order valence-electron chi connectivity index (χ3n) is 3.44.